The van der Waals surface area contributed by atoms with Crippen LogP contribution < -0.4 is 4.74 Å². The normalized spacial score (nSPS) is 10.6. The highest BCUT2D eigenvalue weighted by molar-refractivity contribution is 5.61. The van der Waals surface area contributed by atoms with Crippen molar-refractivity contribution in [3.05, 3.63) is 54.1 Å². The molecule has 0 aliphatic rings. The maximum atomic E-state index is 13.0. The van der Waals surface area contributed by atoms with Crippen LogP contribution in [0.25, 0.3) is 11.3 Å². The largest absolute Gasteiger partial charge is 0.470 e. The summed E-state index contributed by atoms with van der Waals surface area (Å²) >= 11 is 0. The molecule has 0 amide bonds. The second kappa shape index (κ2) is 5.66. The van der Waals surface area contributed by atoms with Crippen LogP contribution in [0.15, 0.2) is 42.6 Å². The molecular weight excluding hydrogens is 273 g/mol. The summed E-state index contributed by atoms with van der Waals surface area (Å²) in [6.45, 7) is 0.245. The smallest absolute Gasteiger partial charge is 0.233 e. The molecule has 0 N–H and O–H groups in total. The summed E-state index contributed by atoms with van der Waals surface area (Å²) in [6.07, 6.45) is 1.57. The molecule has 3 rings (SSSR count). The predicted molar refractivity (Wildman–Crippen MR) is 72.8 cm³/mol. The minimum atomic E-state index is -0.292. The third-order valence-electron chi connectivity index (χ3n) is 2.97. The summed E-state index contributed by atoms with van der Waals surface area (Å²) in [5.41, 5.74) is 2.20. The van der Waals surface area contributed by atoms with Crippen LogP contribution in [-0.4, -0.2) is 25.2 Å². The van der Waals surface area contributed by atoms with E-state index in [0.717, 1.165) is 11.3 Å². The van der Waals surface area contributed by atoms with Gasteiger partial charge in [0.25, 0.3) is 0 Å². The van der Waals surface area contributed by atoms with Crippen molar-refractivity contribution in [1.82, 2.24) is 25.2 Å². The van der Waals surface area contributed by atoms with Gasteiger partial charge in [0.15, 0.2) is 0 Å². The molecule has 0 saturated heterocycles. The first-order valence-electron chi connectivity index (χ1n) is 6.29. The quantitative estimate of drug-likeness (QED) is 0.733. The lowest BCUT2D eigenvalue weighted by molar-refractivity contribution is 0.280. The van der Waals surface area contributed by atoms with Crippen molar-refractivity contribution in [1.29, 1.82) is 0 Å². The molecule has 0 aliphatic heterocycles. The summed E-state index contributed by atoms with van der Waals surface area (Å²) in [7, 11) is 1.77. The van der Waals surface area contributed by atoms with Gasteiger partial charge in [0.05, 0.1) is 0 Å². The molecule has 0 bridgehead atoms. The van der Waals surface area contributed by atoms with Gasteiger partial charge in [0, 0.05) is 24.9 Å². The number of ether oxygens (including phenoxy) is 1. The van der Waals surface area contributed by atoms with Crippen molar-refractivity contribution in [2.45, 2.75) is 6.61 Å². The highest BCUT2D eigenvalue weighted by Gasteiger charge is 2.13. The second-order valence-electron chi connectivity index (χ2n) is 4.37. The van der Waals surface area contributed by atoms with Gasteiger partial charge in [-0.3, -0.25) is 0 Å². The SMILES string of the molecule is Cn1nnc(-c2ccc(F)cc2)c1COc1cccnn1. The molecule has 0 radical (unpaired) electrons. The van der Waals surface area contributed by atoms with Crippen LogP contribution in [0, 0.1) is 5.82 Å². The van der Waals surface area contributed by atoms with Crippen LogP contribution in [0.1, 0.15) is 5.69 Å². The van der Waals surface area contributed by atoms with Gasteiger partial charge in [-0.25, -0.2) is 9.07 Å². The number of aryl methyl sites for hydroxylation is 1. The molecular formula is C14H12FN5O. The molecule has 0 fully saturated rings. The van der Waals surface area contributed by atoms with E-state index in [4.69, 9.17) is 4.74 Å². The first-order chi connectivity index (χ1) is 10.2. The highest BCUT2D eigenvalue weighted by atomic mass is 19.1. The third kappa shape index (κ3) is 2.86. The van der Waals surface area contributed by atoms with Crippen LogP contribution in [0.2, 0.25) is 0 Å². The monoisotopic (exact) mass is 285 g/mol. The van der Waals surface area contributed by atoms with Gasteiger partial charge in [-0.1, -0.05) is 5.21 Å². The summed E-state index contributed by atoms with van der Waals surface area (Å²) in [5.74, 6) is 0.128. The summed E-state index contributed by atoms with van der Waals surface area (Å²) in [4.78, 5) is 0. The van der Waals surface area contributed by atoms with Crippen molar-refractivity contribution >= 4 is 0 Å². The second-order valence-corrected chi connectivity index (χ2v) is 4.37. The molecule has 106 valence electrons. The van der Waals surface area contributed by atoms with Gasteiger partial charge in [0.2, 0.25) is 5.88 Å². The van der Waals surface area contributed by atoms with Gasteiger partial charge in [-0.2, -0.15) is 5.10 Å². The summed E-state index contributed by atoms with van der Waals surface area (Å²) < 4.78 is 20.2. The zero-order chi connectivity index (χ0) is 14.7. The summed E-state index contributed by atoms with van der Waals surface area (Å²) in [6, 6.07) is 9.55. The van der Waals surface area contributed by atoms with E-state index >= 15 is 0 Å². The number of halogens is 1. The van der Waals surface area contributed by atoms with Gasteiger partial charge in [-0.15, -0.1) is 10.2 Å². The van der Waals surface area contributed by atoms with Crippen LogP contribution in [0.3, 0.4) is 0 Å². The summed E-state index contributed by atoms with van der Waals surface area (Å²) in [5, 5.41) is 15.7. The molecule has 21 heavy (non-hydrogen) atoms. The van der Waals surface area contributed by atoms with Crippen LogP contribution >= 0.6 is 0 Å². The van der Waals surface area contributed by atoms with E-state index in [1.165, 1.54) is 12.1 Å². The fourth-order valence-electron chi connectivity index (χ4n) is 1.88. The Morgan fingerprint density at radius 1 is 1.14 bits per heavy atom. The number of aromatic nitrogens is 5. The Kier molecular flexibility index (Phi) is 3.55. The Labute approximate surface area is 120 Å². The fourth-order valence-corrected chi connectivity index (χ4v) is 1.88. The van der Waals surface area contributed by atoms with Gasteiger partial charge in [-0.05, 0) is 30.3 Å². The first kappa shape index (κ1) is 13.2. The Hall–Kier alpha value is -2.83. The lowest BCUT2D eigenvalue weighted by atomic mass is 10.1. The molecule has 1 aromatic carbocycles. The molecule has 7 heteroatoms. The fraction of sp³-hybridized carbons (Fsp3) is 0.143. The molecule has 6 nitrogen and oxygen atoms in total. The Bertz CT molecular complexity index is 727. The van der Waals surface area contributed by atoms with E-state index < -0.39 is 0 Å². The van der Waals surface area contributed by atoms with Crippen molar-refractivity contribution in [3.8, 4) is 17.1 Å². The zero-order valence-corrected chi connectivity index (χ0v) is 11.3. The van der Waals surface area contributed by atoms with E-state index in [-0.39, 0.29) is 12.4 Å². The minimum absolute atomic E-state index is 0.245. The molecule has 0 unspecified atom stereocenters. The number of hydrogen-bond acceptors (Lipinski definition) is 5. The Morgan fingerprint density at radius 3 is 2.67 bits per heavy atom. The van der Waals surface area contributed by atoms with E-state index in [1.54, 1.807) is 42.2 Å². The topological polar surface area (TPSA) is 65.7 Å². The zero-order valence-electron chi connectivity index (χ0n) is 11.3. The van der Waals surface area contributed by atoms with Crippen molar-refractivity contribution in [3.63, 3.8) is 0 Å². The molecule has 0 atom stereocenters. The minimum Gasteiger partial charge on any atom is -0.470 e. The molecule has 3 aromatic rings. The highest BCUT2D eigenvalue weighted by Crippen LogP contribution is 2.22. The van der Waals surface area contributed by atoms with E-state index in [1.807, 2.05) is 0 Å². The van der Waals surface area contributed by atoms with Gasteiger partial charge >= 0.3 is 0 Å². The number of rotatable bonds is 4. The van der Waals surface area contributed by atoms with Crippen molar-refractivity contribution < 1.29 is 9.13 Å². The van der Waals surface area contributed by atoms with Crippen LogP contribution in [0.4, 0.5) is 4.39 Å². The number of benzene rings is 1. The molecule has 0 saturated carbocycles. The molecule has 0 aliphatic carbocycles. The number of hydrogen-bond donors (Lipinski definition) is 0. The first-order valence-corrected chi connectivity index (χ1v) is 6.29. The van der Waals surface area contributed by atoms with Crippen molar-refractivity contribution in [2.75, 3.05) is 0 Å². The predicted octanol–water partition coefficient (Wildman–Crippen LogP) is 1.99. The maximum absolute atomic E-state index is 13.0. The maximum Gasteiger partial charge on any atom is 0.233 e. The average molecular weight is 285 g/mol. The Morgan fingerprint density at radius 2 is 1.95 bits per heavy atom. The lowest BCUT2D eigenvalue weighted by Crippen LogP contribution is -2.05. The number of nitrogens with zero attached hydrogens (tertiary/aromatic N) is 5. The van der Waals surface area contributed by atoms with Gasteiger partial charge < -0.3 is 4.74 Å². The van der Waals surface area contributed by atoms with Crippen LogP contribution in [0.5, 0.6) is 5.88 Å². The third-order valence-corrected chi connectivity index (χ3v) is 2.97. The van der Waals surface area contributed by atoms with Crippen molar-refractivity contribution in [2.24, 2.45) is 7.05 Å². The standard InChI is InChI=1S/C14H12FN5O/c1-20-12(9-21-13-3-2-8-16-17-13)14(18-19-20)10-4-6-11(15)7-5-10/h2-8H,9H2,1H3. The van der Waals surface area contributed by atoms with E-state index in [2.05, 4.69) is 20.5 Å². The molecule has 2 heterocycles. The Balaban J connectivity index is 1.85. The van der Waals surface area contributed by atoms with E-state index in [9.17, 15) is 4.39 Å². The lowest BCUT2D eigenvalue weighted by Gasteiger charge is -2.06. The molecule has 2 aromatic heterocycles. The average Bonchev–Trinajstić information content (AvgIpc) is 2.88. The molecule has 0 spiro atoms. The van der Waals surface area contributed by atoms with Gasteiger partial charge in [0.1, 0.15) is 23.8 Å². The van der Waals surface area contributed by atoms with Crippen LogP contribution in [-0.2, 0) is 13.7 Å². The van der Waals surface area contributed by atoms with E-state index in [0.29, 0.717) is 11.6 Å².